The molecule has 0 aliphatic rings. The lowest BCUT2D eigenvalue weighted by Gasteiger charge is -2.02. The second kappa shape index (κ2) is 5.28. The standard InChI is InChI=1S/C16H14N2O3/c1-10-4-3-5-11(8-10)15-17-16(21-18-15)13-7-6-12(20-2)9-14(13)19/h3-9,19H,1-2H3. The zero-order valence-electron chi connectivity index (χ0n) is 11.7. The molecule has 21 heavy (non-hydrogen) atoms. The molecule has 0 unspecified atom stereocenters. The molecular weight excluding hydrogens is 268 g/mol. The molecule has 0 spiro atoms. The molecule has 0 aliphatic carbocycles. The average molecular weight is 282 g/mol. The first-order valence-corrected chi connectivity index (χ1v) is 6.45. The zero-order chi connectivity index (χ0) is 14.8. The van der Waals surface area contributed by atoms with Crippen molar-refractivity contribution >= 4 is 0 Å². The maximum absolute atomic E-state index is 9.99. The maximum Gasteiger partial charge on any atom is 0.262 e. The summed E-state index contributed by atoms with van der Waals surface area (Å²) in [5, 5.41) is 14.0. The average Bonchev–Trinajstić information content (AvgIpc) is 2.96. The van der Waals surface area contributed by atoms with Crippen LogP contribution in [0.3, 0.4) is 0 Å². The Bertz CT molecular complexity index is 781. The van der Waals surface area contributed by atoms with E-state index in [9.17, 15) is 5.11 Å². The van der Waals surface area contributed by atoms with Crippen LogP contribution in [0.15, 0.2) is 47.0 Å². The molecule has 0 radical (unpaired) electrons. The summed E-state index contributed by atoms with van der Waals surface area (Å²) >= 11 is 0. The van der Waals surface area contributed by atoms with Crippen LogP contribution in [0.4, 0.5) is 0 Å². The highest BCUT2D eigenvalue weighted by molar-refractivity contribution is 5.66. The predicted octanol–water partition coefficient (Wildman–Crippen LogP) is 3.43. The van der Waals surface area contributed by atoms with Crippen LogP contribution in [0, 0.1) is 6.92 Å². The van der Waals surface area contributed by atoms with Crippen LogP contribution in [0.1, 0.15) is 5.56 Å². The lowest BCUT2D eigenvalue weighted by molar-refractivity contribution is 0.405. The molecule has 3 aromatic rings. The normalized spacial score (nSPS) is 10.6. The van der Waals surface area contributed by atoms with E-state index < -0.39 is 0 Å². The highest BCUT2D eigenvalue weighted by Crippen LogP contribution is 2.32. The molecule has 0 amide bonds. The molecule has 1 heterocycles. The van der Waals surface area contributed by atoms with E-state index in [1.54, 1.807) is 12.1 Å². The number of ether oxygens (including phenoxy) is 1. The maximum atomic E-state index is 9.99. The number of methoxy groups -OCH3 is 1. The van der Waals surface area contributed by atoms with Crippen LogP contribution in [0.2, 0.25) is 0 Å². The van der Waals surface area contributed by atoms with Gasteiger partial charge in [0.2, 0.25) is 5.82 Å². The molecule has 0 aliphatic heterocycles. The van der Waals surface area contributed by atoms with Crippen LogP contribution in [-0.2, 0) is 0 Å². The van der Waals surface area contributed by atoms with E-state index >= 15 is 0 Å². The highest BCUT2D eigenvalue weighted by atomic mass is 16.5. The summed E-state index contributed by atoms with van der Waals surface area (Å²) < 4.78 is 10.3. The number of phenolic OH excluding ortho intramolecular Hbond substituents is 1. The molecule has 1 aromatic heterocycles. The first kappa shape index (κ1) is 13.2. The number of aryl methyl sites for hydroxylation is 1. The number of hydrogen-bond donors (Lipinski definition) is 1. The van der Waals surface area contributed by atoms with Crippen molar-refractivity contribution in [2.45, 2.75) is 6.92 Å². The summed E-state index contributed by atoms with van der Waals surface area (Å²) in [6, 6.07) is 12.7. The Morgan fingerprint density at radius 3 is 2.71 bits per heavy atom. The second-order valence-electron chi connectivity index (χ2n) is 4.68. The lowest BCUT2D eigenvalue weighted by atomic mass is 10.1. The minimum atomic E-state index is 0.0359. The van der Waals surface area contributed by atoms with Gasteiger partial charge in [-0.15, -0.1) is 0 Å². The summed E-state index contributed by atoms with van der Waals surface area (Å²) in [5.74, 6) is 1.36. The van der Waals surface area contributed by atoms with Crippen LogP contribution in [-0.4, -0.2) is 22.4 Å². The van der Waals surface area contributed by atoms with Crippen LogP contribution < -0.4 is 4.74 Å². The fourth-order valence-corrected chi connectivity index (χ4v) is 2.05. The third kappa shape index (κ3) is 2.58. The van der Waals surface area contributed by atoms with Gasteiger partial charge in [0.15, 0.2) is 0 Å². The molecule has 5 nitrogen and oxygen atoms in total. The molecule has 3 rings (SSSR count). The zero-order valence-corrected chi connectivity index (χ0v) is 11.7. The SMILES string of the molecule is COc1ccc(-c2nc(-c3cccc(C)c3)no2)c(O)c1. The number of benzene rings is 2. The topological polar surface area (TPSA) is 68.4 Å². The largest absolute Gasteiger partial charge is 0.507 e. The summed E-state index contributed by atoms with van der Waals surface area (Å²) in [5.41, 5.74) is 2.46. The van der Waals surface area contributed by atoms with Gasteiger partial charge in [0.1, 0.15) is 11.5 Å². The third-order valence-corrected chi connectivity index (χ3v) is 3.14. The van der Waals surface area contributed by atoms with Gasteiger partial charge in [-0.05, 0) is 25.1 Å². The summed E-state index contributed by atoms with van der Waals surface area (Å²) in [6.07, 6.45) is 0. The third-order valence-electron chi connectivity index (χ3n) is 3.14. The Morgan fingerprint density at radius 1 is 1.14 bits per heavy atom. The number of hydrogen-bond acceptors (Lipinski definition) is 5. The van der Waals surface area contributed by atoms with Gasteiger partial charge in [-0.2, -0.15) is 4.98 Å². The summed E-state index contributed by atoms with van der Waals surface area (Å²) in [6.45, 7) is 2.00. The van der Waals surface area contributed by atoms with E-state index in [1.165, 1.54) is 13.2 Å². The summed E-state index contributed by atoms with van der Waals surface area (Å²) in [7, 11) is 1.54. The quantitative estimate of drug-likeness (QED) is 0.797. The second-order valence-corrected chi connectivity index (χ2v) is 4.68. The van der Waals surface area contributed by atoms with Gasteiger partial charge in [-0.1, -0.05) is 28.9 Å². The highest BCUT2D eigenvalue weighted by Gasteiger charge is 2.14. The van der Waals surface area contributed by atoms with Gasteiger partial charge in [-0.3, -0.25) is 0 Å². The monoisotopic (exact) mass is 282 g/mol. The van der Waals surface area contributed by atoms with Gasteiger partial charge in [0.25, 0.3) is 5.89 Å². The molecule has 5 heteroatoms. The van der Waals surface area contributed by atoms with E-state index in [0.29, 0.717) is 17.1 Å². The molecule has 0 fully saturated rings. The Kier molecular flexibility index (Phi) is 3.31. The molecule has 2 aromatic carbocycles. The van der Waals surface area contributed by atoms with E-state index in [1.807, 2.05) is 31.2 Å². The molecule has 1 N–H and O–H groups in total. The van der Waals surface area contributed by atoms with Crippen molar-refractivity contribution in [3.63, 3.8) is 0 Å². The van der Waals surface area contributed by atoms with Crippen LogP contribution in [0.5, 0.6) is 11.5 Å². The van der Waals surface area contributed by atoms with Crippen molar-refractivity contribution in [1.82, 2.24) is 10.1 Å². The summed E-state index contributed by atoms with van der Waals surface area (Å²) in [4.78, 5) is 4.33. The van der Waals surface area contributed by atoms with Crippen LogP contribution in [0.25, 0.3) is 22.8 Å². The van der Waals surface area contributed by atoms with Gasteiger partial charge >= 0.3 is 0 Å². The molecule has 0 saturated heterocycles. The van der Waals surface area contributed by atoms with Crippen molar-refractivity contribution in [1.29, 1.82) is 0 Å². The van der Waals surface area contributed by atoms with E-state index in [2.05, 4.69) is 10.1 Å². The van der Waals surface area contributed by atoms with Crippen molar-refractivity contribution in [3.8, 4) is 34.3 Å². The number of rotatable bonds is 3. The lowest BCUT2D eigenvalue weighted by Crippen LogP contribution is -1.85. The first-order valence-electron chi connectivity index (χ1n) is 6.45. The molecular formula is C16H14N2O3. The fourth-order valence-electron chi connectivity index (χ4n) is 2.05. The minimum Gasteiger partial charge on any atom is -0.507 e. The van der Waals surface area contributed by atoms with Gasteiger partial charge in [0, 0.05) is 11.6 Å². The Morgan fingerprint density at radius 2 is 2.00 bits per heavy atom. The number of aromatic hydroxyl groups is 1. The van der Waals surface area contributed by atoms with E-state index in [0.717, 1.165) is 11.1 Å². The predicted molar refractivity (Wildman–Crippen MR) is 78.1 cm³/mol. The van der Waals surface area contributed by atoms with Crippen molar-refractivity contribution < 1.29 is 14.4 Å². The van der Waals surface area contributed by atoms with Crippen molar-refractivity contribution in [3.05, 3.63) is 48.0 Å². The van der Waals surface area contributed by atoms with Crippen LogP contribution >= 0.6 is 0 Å². The van der Waals surface area contributed by atoms with Crippen molar-refractivity contribution in [2.75, 3.05) is 7.11 Å². The molecule has 106 valence electrons. The van der Waals surface area contributed by atoms with Crippen molar-refractivity contribution in [2.24, 2.45) is 0 Å². The molecule has 0 saturated carbocycles. The minimum absolute atomic E-state index is 0.0359. The Balaban J connectivity index is 1.98. The van der Waals surface area contributed by atoms with Gasteiger partial charge in [-0.25, -0.2) is 0 Å². The Hall–Kier alpha value is -2.82. The number of aromatic nitrogens is 2. The van der Waals surface area contributed by atoms with Gasteiger partial charge in [0.05, 0.1) is 12.7 Å². The van der Waals surface area contributed by atoms with E-state index in [-0.39, 0.29) is 11.6 Å². The number of nitrogens with zero attached hydrogens (tertiary/aromatic N) is 2. The van der Waals surface area contributed by atoms with Gasteiger partial charge < -0.3 is 14.4 Å². The molecule has 0 bridgehead atoms. The fraction of sp³-hybridized carbons (Fsp3) is 0.125. The smallest absolute Gasteiger partial charge is 0.262 e. The van der Waals surface area contributed by atoms with E-state index in [4.69, 9.17) is 9.26 Å². The molecule has 0 atom stereocenters. The Labute approximate surface area is 121 Å². The number of phenols is 1. The first-order chi connectivity index (χ1) is 10.2.